The van der Waals surface area contributed by atoms with Crippen LogP contribution in [0, 0.1) is 5.92 Å². The average molecular weight is 395 g/mol. The van der Waals surface area contributed by atoms with Crippen LogP contribution in [0.15, 0.2) is 18.2 Å². The second kappa shape index (κ2) is 9.47. The van der Waals surface area contributed by atoms with Gasteiger partial charge in [-0.1, -0.05) is 30.1 Å². The molecule has 0 aliphatic carbocycles. The van der Waals surface area contributed by atoms with Gasteiger partial charge in [-0.2, -0.15) is 0 Å². The monoisotopic (exact) mass is 393 g/mol. The molecule has 1 aliphatic rings. The number of amides is 2. The average Bonchev–Trinajstić information content (AvgIpc) is 2.86. The Labute approximate surface area is 158 Å². The highest BCUT2D eigenvalue weighted by Gasteiger charge is 2.35. The van der Waals surface area contributed by atoms with Crippen molar-refractivity contribution in [3.8, 4) is 0 Å². The first-order chi connectivity index (χ1) is 10.9. The van der Waals surface area contributed by atoms with Gasteiger partial charge in [0.15, 0.2) is 0 Å². The lowest BCUT2D eigenvalue weighted by Crippen LogP contribution is -2.41. The summed E-state index contributed by atoms with van der Waals surface area (Å²) >= 11 is 12.0. The maximum atomic E-state index is 12.2. The van der Waals surface area contributed by atoms with Crippen molar-refractivity contribution in [2.24, 2.45) is 5.92 Å². The fraction of sp³-hybridized carbons (Fsp3) is 0.500. The van der Waals surface area contributed by atoms with E-state index >= 15 is 0 Å². The standard InChI is InChI=1S/C16H21Cl2N3O2.ClH/c1-3-19-10(2)8-20-16(23)11-4-15(22)21(9-11)14-6-12(17)5-13(18)7-14;/h5-7,10-11,19H,3-4,8-9H2,1-2H3,(H,20,23);1H/t10-,11?;/m1./s1. The third-order valence-electron chi connectivity index (χ3n) is 3.79. The Morgan fingerprint density at radius 1 is 1.33 bits per heavy atom. The summed E-state index contributed by atoms with van der Waals surface area (Å²) in [7, 11) is 0. The Morgan fingerprint density at radius 3 is 2.54 bits per heavy atom. The molecule has 1 saturated heterocycles. The van der Waals surface area contributed by atoms with Crippen LogP contribution in [0.4, 0.5) is 5.69 Å². The van der Waals surface area contributed by atoms with E-state index in [1.54, 1.807) is 23.1 Å². The molecule has 1 unspecified atom stereocenters. The maximum absolute atomic E-state index is 12.2. The third-order valence-corrected chi connectivity index (χ3v) is 4.23. The van der Waals surface area contributed by atoms with E-state index in [2.05, 4.69) is 10.6 Å². The van der Waals surface area contributed by atoms with Crippen molar-refractivity contribution in [2.75, 3.05) is 24.5 Å². The molecule has 2 atom stereocenters. The Morgan fingerprint density at radius 2 is 1.96 bits per heavy atom. The van der Waals surface area contributed by atoms with Crippen LogP contribution in [0.5, 0.6) is 0 Å². The van der Waals surface area contributed by atoms with E-state index in [0.29, 0.717) is 28.8 Å². The molecular formula is C16H22Cl3N3O2. The Hall–Kier alpha value is -1.01. The van der Waals surface area contributed by atoms with Crippen molar-refractivity contribution in [1.82, 2.24) is 10.6 Å². The van der Waals surface area contributed by atoms with Gasteiger partial charge in [-0.25, -0.2) is 0 Å². The van der Waals surface area contributed by atoms with E-state index < -0.39 is 0 Å². The van der Waals surface area contributed by atoms with Crippen LogP contribution in [-0.2, 0) is 9.59 Å². The van der Waals surface area contributed by atoms with Crippen molar-refractivity contribution >= 4 is 53.1 Å². The lowest BCUT2D eigenvalue weighted by molar-refractivity contribution is -0.126. The molecule has 1 aromatic carbocycles. The molecule has 8 heteroatoms. The molecule has 2 N–H and O–H groups in total. The molecule has 1 fully saturated rings. The van der Waals surface area contributed by atoms with Gasteiger partial charge < -0.3 is 15.5 Å². The van der Waals surface area contributed by atoms with E-state index in [1.165, 1.54) is 0 Å². The molecule has 0 bridgehead atoms. The van der Waals surface area contributed by atoms with Crippen molar-refractivity contribution in [3.63, 3.8) is 0 Å². The summed E-state index contributed by atoms with van der Waals surface area (Å²) in [6.45, 7) is 5.76. The number of halogens is 3. The number of benzene rings is 1. The zero-order valence-corrected chi connectivity index (χ0v) is 16.0. The maximum Gasteiger partial charge on any atom is 0.227 e. The minimum atomic E-state index is -0.353. The number of carbonyl (C=O) groups is 2. The Kier molecular flexibility index (Phi) is 8.30. The second-order valence-electron chi connectivity index (χ2n) is 5.74. The number of likely N-dealkylation sites (N-methyl/N-ethyl adjacent to an activating group) is 1. The van der Waals surface area contributed by atoms with Crippen LogP contribution in [0.2, 0.25) is 10.0 Å². The van der Waals surface area contributed by atoms with Gasteiger partial charge >= 0.3 is 0 Å². The van der Waals surface area contributed by atoms with E-state index in [1.807, 2.05) is 13.8 Å². The fourth-order valence-corrected chi connectivity index (χ4v) is 3.16. The van der Waals surface area contributed by atoms with Crippen LogP contribution < -0.4 is 15.5 Å². The van der Waals surface area contributed by atoms with Gasteiger partial charge in [0, 0.05) is 41.3 Å². The van der Waals surface area contributed by atoms with E-state index in [-0.39, 0.29) is 42.6 Å². The normalized spacial score (nSPS) is 18.2. The van der Waals surface area contributed by atoms with Crippen LogP contribution >= 0.6 is 35.6 Å². The molecule has 5 nitrogen and oxygen atoms in total. The molecule has 0 radical (unpaired) electrons. The molecule has 1 aliphatic heterocycles. The van der Waals surface area contributed by atoms with Gasteiger partial charge in [0.1, 0.15) is 0 Å². The summed E-state index contributed by atoms with van der Waals surface area (Å²) in [5, 5.41) is 7.05. The molecule has 134 valence electrons. The first kappa shape index (κ1) is 21.0. The molecule has 2 rings (SSSR count). The van der Waals surface area contributed by atoms with Crippen molar-refractivity contribution in [1.29, 1.82) is 0 Å². The van der Waals surface area contributed by atoms with Gasteiger partial charge in [-0.05, 0) is 31.7 Å². The van der Waals surface area contributed by atoms with Crippen molar-refractivity contribution in [3.05, 3.63) is 28.2 Å². The van der Waals surface area contributed by atoms with Gasteiger partial charge in [-0.15, -0.1) is 12.4 Å². The first-order valence-electron chi connectivity index (χ1n) is 7.68. The van der Waals surface area contributed by atoms with Crippen LogP contribution in [-0.4, -0.2) is 37.5 Å². The topological polar surface area (TPSA) is 61.4 Å². The minimum absolute atomic E-state index is 0. The molecule has 1 aromatic rings. The van der Waals surface area contributed by atoms with Gasteiger partial charge in [0.05, 0.1) is 5.92 Å². The molecule has 0 aromatic heterocycles. The number of nitrogens with one attached hydrogen (secondary N) is 2. The van der Waals surface area contributed by atoms with E-state index in [9.17, 15) is 9.59 Å². The zero-order chi connectivity index (χ0) is 17.0. The number of hydrogen-bond acceptors (Lipinski definition) is 3. The number of carbonyl (C=O) groups excluding carboxylic acids is 2. The van der Waals surface area contributed by atoms with Crippen molar-refractivity contribution < 1.29 is 9.59 Å². The molecule has 2 amide bonds. The minimum Gasteiger partial charge on any atom is -0.354 e. The summed E-state index contributed by atoms with van der Waals surface area (Å²) in [4.78, 5) is 26.0. The largest absolute Gasteiger partial charge is 0.354 e. The highest BCUT2D eigenvalue weighted by molar-refractivity contribution is 6.35. The SMILES string of the molecule is CCN[C@H](C)CNC(=O)C1CC(=O)N(c2cc(Cl)cc(Cl)c2)C1.Cl. The Bertz CT molecular complexity index is 578. The highest BCUT2D eigenvalue weighted by Crippen LogP contribution is 2.30. The van der Waals surface area contributed by atoms with Crippen LogP contribution in [0.3, 0.4) is 0 Å². The Balaban J connectivity index is 0.00000288. The molecule has 0 saturated carbocycles. The summed E-state index contributed by atoms with van der Waals surface area (Å²) < 4.78 is 0. The van der Waals surface area contributed by atoms with E-state index in [0.717, 1.165) is 6.54 Å². The van der Waals surface area contributed by atoms with Crippen LogP contribution in [0.25, 0.3) is 0 Å². The molecule has 0 spiro atoms. The first-order valence-corrected chi connectivity index (χ1v) is 8.43. The third kappa shape index (κ3) is 5.52. The van der Waals surface area contributed by atoms with Gasteiger partial charge in [0.25, 0.3) is 0 Å². The predicted molar refractivity (Wildman–Crippen MR) is 100 cm³/mol. The second-order valence-corrected chi connectivity index (χ2v) is 6.61. The van der Waals surface area contributed by atoms with Crippen LogP contribution in [0.1, 0.15) is 20.3 Å². The van der Waals surface area contributed by atoms with Gasteiger partial charge in [0.2, 0.25) is 11.8 Å². The number of nitrogens with zero attached hydrogens (tertiary/aromatic N) is 1. The molecular weight excluding hydrogens is 373 g/mol. The summed E-state index contributed by atoms with van der Waals surface area (Å²) in [5.41, 5.74) is 0.629. The highest BCUT2D eigenvalue weighted by atomic mass is 35.5. The summed E-state index contributed by atoms with van der Waals surface area (Å²) in [6.07, 6.45) is 0.200. The van der Waals surface area contributed by atoms with Gasteiger partial charge in [-0.3, -0.25) is 9.59 Å². The molecule has 24 heavy (non-hydrogen) atoms. The quantitative estimate of drug-likeness (QED) is 0.780. The zero-order valence-electron chi connectivity index (χ0n) is 13.6. The van der Waals surface area contributed by atoms with Crippen molar-refractivity contribution in [2.45, 2.75) is 26.3 Å². The summed E-state index contributed by atoms with van der Waals surface area (Å²) in [5.74, 6) is -0.545. The lowest BCUT2D eigenvalue weighted by Gasteiger charge is -2.18. The predicted octanol–water partition coefficient (Wildman–Crippen LogP) is 2.88. The smallest absolute Gasteiger partial charge is 0.227 e. The number of hydrogen-bond donors (Lipinski definition) is 2. The number of rotatable bonds is 6. The van der Waals surface area contributed by atoms with E-state index in [4.69, 9.17) is 23.2 Å². The number of anilines is 1. The molecule has 1 heterocycles. The summed E-state index contributed by atoms with van der Waals surface area (Å²) in [6, 6.07) is 5.17. The fourth-order valence-electron chi connectivity index (χ4n) is 2.65. The lowest BCUT2D eigenvalue weighted by atomic mass is 10.1.